The molecule has 1 aromatic carbocycles. The zero-order valence-electron chi connectivity index (χ0n) is 18.8. The second-order valence-corrected chi connectivity index (χ2v) is 9.81. The summed E-state index contributed by atoms with van der Waals surface area (Å²) in [6, 6.07) is 7.90. The summed E-state index contributed by atoms with van der Waals surface area (Å²) in [5.41, 5.74) is 2.27. The normalized spacial score (nSPS) is 23.2. The Bertz CT molecular complexity index is 1090. The van der Waals surface area contributed by atoms with E-state index in [0.717, 1.165) is 27.2 Å². The highest BCUT2D eigenvalue weighted by Gasteiger charge is 2.38. The molecule has 1 saturated carbocycles. The van der Waals surface area contributed by atoms with Crippen molar-refractivity contribution in [2.45, 2.75) is 45.8 Å². The Morgan fingerprint density at radius 2 is 1.88 bits per heavy atom. The number of hydrogen-bond acceptors (Lipinski definition) is 7. The van der Waals surface area contributed by atoms with Crippen molar-refractivity contribution in [3.63, 3.8) is 0 Å². The summed E-state index contributed by atoms with van der Waals surface area (Å²) in [6.45, 7) is 5.93. The van der Waals surface area contributed by atoms with Gasteiger partial charge in [0, 0.05) is 19.2 Å². The van der Waals surface area contributed by atoms with E-state index in [9.17, 15) is 18.3 Å². The third-order valence-corrected chi connectivity index (χ3v) is 7.66. The predicted molar refractivity (Wildman–Crippen MR) is 125 cm³/mol. The predicted octanol–water partition coefficient (Wildman–Crippen LogP) is 5.49. The van der Waals surface area contributed by atoms with Crippen molar-refractivity contribution >= 4 is 33.3 Å². The standard InChI is InChI=1S/C23H28F3N5OS/c1-12-13(2)17(10-15(12)11-32)29-20-19(21-30-16-6-4-5-7-18(16)33-21)14(3)28-22(31-20)27-9-8-23(24,25)26/h4-7,12-13,15,17,32H,8-11H2,1-3H3,(H2,27,28,29,31). The summed E-state index contributed by atoms with van der Waals surface area (Å²) >= 11 is 1.53. The van der Waals surface area contributed by atoms with Crippen LogP contribution in [-0.2, 0) is 0 Å². The molecule has 4 atom stereocenters. The Labute approximate surface area is 194 Å². The number of aliphatic hydroxyl groups is 1. The molecule has 4 unspecified atom stereocenters. The van der Waals surface area contributed by atoms with Crippen LogP contribution in [0.2, 0.25) is 0 Å². The maximum atomic E-state index is 12.6. The van der Waals surface area contributed by atoms with Crippen molar-refractivity contribution in [1.82, 2.24) is 15.0 Å². The van der Waals surface area contributed by atoms with Crippen molar-refractivity contribution in [1.29, 1.82) is 0 Å². The van der Waals surface area contributed by atoms with Crippen LogP contribution in [0.3, 0.4) is 0 Å². The fourth-order valence-electron chi connectivity index (χ4n) is 4.47. The van der Waals surface area contributed by atoms with Gasteiger partial charge in [0.2, 0.25) is 5.95 Å². The average Bonchev–Trinajstić information content (AvgIpc) is 3.28. The molecule has 0 aliphatic heterocycles. The van der Waals surface area contributed by atoms with Gasteiger partial charge in [0.15, 0.2) is 0 Å². The van der Waals surface area contributed by atoms with Crippen LogP contribution in [0.15, 0.2) is 24.3 Å². The number of aliphatic hydroxyl groups excluding tert-OH is 1. The first-order chi connectivity index (χ1) is 15.7. The molecule has 1 aliphatic rings. The van der Waals surface area contributed by atoms with Crippen LogP contribution >= 0.6 is 11.3 Å². The Kier molecular flexibility index (Phi) is 6.76. The van der Waals surface area contributed by atoms with Gasteiger partial charge in [-0.1, -0.05) is 26.0 Å². The van der Waals surface area contributed by atoms with Gasteiger partial charge < -0.3 is 15.7 Å². The van der Waals surface area contributed by atoms with E-state index < -0.39 is 12.6 Å². The molecule has 0 spiro atoms. The van der Waals surface area contributed by atoms with E-state index in [4.69, 9.17) is 4.98 Å². The molecule has 3 N–H and O–H groups in total. The van der Waals surface area contributed by atoms with Crippen LogP contribution in [-0.4, -0.2) is 45.4 Å². The highest BCUT2D eigenvalue weighted by molar-refractivity contribution is 7.21. The highest BCUT2D eigenvalue weighted by atomic mass is 32.1. The van der Waals surface area contributed by atoms with Crippen molar-refractivity contribution in [3.8, 4) is 10.6 Å². The largest absolute Gasteiger partial charge is 0.396 e. The molecule has 2 aromatic heterocycles. The van der Waals surface area contributed by atoms with Crippen LogP contribution < -0.4 is 10.6 Å². The van der Waals surface area contributed by atoms with E-state index in [0.29, 0.717) is 23.3 Å². The summed E-state index contributed by atoms with van der Waals surface area (Å²) in [6.07, 6.45) is -4.43. The van der Waals surface area contributed by atoms with Crippen LogP contribution in [0.4, 0.5) is 24.9 Å². The molecule has 6 nitrogen and oxygen atoms in total. The first kappa shape index (κ1) is 23.7. The number of anilines is 2. The Balaban J connectivity index is 1.70. The lowest BCUT2D eigenvalue weighted by Gasteiger charge is -2.22. The van der Waals surface area contributed by atoms with Gasteiger partial charge in [0.25, 0.3) is 0 Å². The maximum absolute atomic E-state index is 12.6. The van der Waals surface area contributed by atoms with E-state index in [2.05, 4.69) is 34.4 Å². The lowest BCUT2D eigenvalue weighted by atomic mass is 9.92. The highest BCUT2D eigenvalue weighted by Crippen LogP contribution is 2.41. The van der Waals surface area contributed by atoms with Gasteiger partial charge in [-0.05, 0) is 43.2 Å². The lowest BCUT2D eigenvalue weighted by Crippen LogP contribution is -2.25. The molecule has 3 aromatic rings. The number of para-hydroxylation sites is 1. The van der Waals surface area contributed by atoms with Gasteiger partial charge in [0.1, 0.15) is 10.8 Å². The second kappa shape index (κ2) is 9.42. The summed E-state index contributed by atoms with van der Waals surface area (Å²) in [5, 5.41) is 16.7. The fraction of sp³-hybridized carbons (Fsp3) is 0.522. The second-order valence-electron chi connectivity index (χ2n) is 8.78. The minimum atomic E-state index is -4.25. The quantitative estimate of drug-likeness (QED) is 0.416. The molecule has 1 aliphatic carbocycles. The lowest BCUT2D eigenvalue weighted by molar-refractivity contribution is -0.131. The van der Waals surface area contributed by atoms with Crippen molar-refractivity contribution in [2.75, 3.05) is 23.8 Å². The zero-order valence-corrected chi connectivity index (χ0v) is 19.6. The minimum absolute atomic E-state index is 0.0719. The number of alkyl halides is 3. The fourth-order valence-corrected chi connectivity index (χ4v) is 5.53. The first-order valence-corrected chi connectivity index (χ1v) is 11.9. The monoisotopic (exact) mass is 479 g/mol. The Morgan fingerprint density at radius 1 is 1.12 bits per heavy atom. The minimum Gasteiger partial charge on any atom is -0.396 e. The third kappa shape index (κ3) is 5.22. The smallest absolute Gasteiger partial charge is 0.390 e. The summed E-state index contributed by atoms with van der Waals surface area (Å²) < 4.78 is 38.8. The van der Waals surface area contributed by atoms with E-state index in [1.165, 1.54) is 11.3 Å². The molecule has 2 heterocycles. The molecule has 178 valence electrons. The van der Waals surface area contributed by atoms with Gasteiger partial charge in [0.05, 0.1) is 27.9 Å². The molecular formula is C23H28F3N5OS. The Morgan fingerprint density at radius 3 is 2.55 bits per heavy atom. The van der Waals surface area contributed by atoms with E-state index in [-0.39, 0.29) is 31.1 Å². The molecule has 10 heteroatoms. The number of thiazole rings is 1. The molecule has 0 saturated heterocycles. The number of hydrogen-bond donors (Lipinski definition) is 3. The van der Waals surface area contributed by atoms with Crippen LogP contribution in [0.1, 0.15) is 32.4 Å². The van der Waals surface area contributed by atoms with Crippen LogP contribution in [0.5, 0.6) is 0 Å². The van der Waals surface area contributed by atoms with Gasteiger partial charge in [-0.3, -0.25) is 0 Å². The SMILES string of the molecule is Cc1nc(NCCC(F)(F)F)nc(NC2CC(CO)C(C)C2C)c1-c1nc2ccccc2s1. The summed E-state index contributed by atoms with van der Waals surface area (Å²) in [7, 11) is 0. The third-order valence-electron chi connectivity index (χ3n) is 6.61. The van der Waals surface area contributed by atoms with E-state index in [1.807, 2.05) is 31.2 Å². The Hall–Kier alpha value is -2.46. The summed E-state index contributed by atoms with van der Waals surface area (Å²) in [5.74, 6) is 1.53. The number of nitrogens with one attached hydrogen (secondary N) is 2. The van der Waals surface area contributed by atoms with Crippen molar-refractivity contribution in [2.24, 2.45) is 17.8 Å². The number of fused-ring (bicyclic) bond motifs is 1. The number of rotatable bonds is 7. The molecule has 33 heavy (non-hydrogen) atoms. The molecule has 0 radical (unpaired) electrons. The van der Waals surface area contributed by atoms with E-state index in [1.54, 1.807) is 0 Å². The number of nitrogens with zero attached hydrogens (tertiary/aromatic N) is 3. The average molecular weight is 480 g/mol. The van der Waals surface area contributed by atoms with Gasteiger partial charge >= 0.3 is 6.18 Å². The summed E-state index contributed by atoms with van der Waals surface area (Å²) in [4.78, 5) is 13.8. The van der Waals surface area contributed by atoms with Gasteiger partial charge in [-0.25, -0.2) is 9.97 Å². The van der Waals surface area contributed by atoms with Gasteiger partial charge in [-0.15, -0.1) is 11.3 Å². The van der Waals surface area contributed by atoms with Crippen LogP contribution in [0.25, 0.3) is 20.8 Å². The van der Waals surface area contributed by atoms with Crippen molar-refractivity contribution in [3.05, 3.63) is 30.0 Å². The topological polar surface area (TPSA) is 83.0 Å². The molecule has 0 amide bonds. The number of halogens is 3. The number of aromatic nitrogens is 3. The molecule has 1 fully saturated rings. The molecular weight excluding hydrogens is 451 g/mol. The van der Waals surface area contributed by atoms with E-state index >= 15 is 0 Å². The number of benzene rings is 1. The zero-order chi connectivity index (χ0) is 23.8. The molecule has 0 bridgehead atoms. The first-order valence-electron chi connectivity index (χ1n) is 11.1. The molecule has 4 rings (SSSR count). The van der Waals surface area contributed by atoms with Crippen molar-refractivity contribution < 1.29 is 18.3 Å². The van der Waals surface area contributed by atoms with Crippen LogP contribution in [0, 0.1) is 24.7 Å². The maximum Gasteiger partial charge on any atom is 0.390 e. The van der Waals surface area contributed by atoms with Gasteiger partial charge in [-0.2, -0.15) is 18.2 Å². The number of aryl methyl sites for hydroxylation is 1.